The van der Waals surface area contributed by atoms with Crippen LogP contribution in [0.2, 0.25) is 0 Å². The van der Waals surface area contributed by atoms with Crippen LogP contribution in [0.1, 0.15) is 20.3 Å². The topological polar surface area (TPSA) is 24.1 Å². The molecule has 2 nitrogen and oxygen atoms in total. The summed E-state index contributed by atoms with van der Waals surface area (Å²) >= 11 is 7.13. The van der Waals surface area contributed by atoms with E-state index in [1.165, 1.54) is 17.9 Å². The highest BCUT2D eigenvalue weighted by atomic mass is 32.2. The van der Waals surface area contributed by atoms with E-state index in [1.807, 2.05) is 11.8 Å². The molecule has 0 aromatic carbocycles. The number of nitrogens with one attached hydrogen (secondary N) is 2. The zero-order chi connectivity index (χ0) is 8.97. The molecule has 1 saturated heterocycles. The second-order valence-electron chi connectivity index (χ2n) is 3.33. The summed E-state index contributed by atoms with van der Waals surface area (Å²) in [5.41, 5.74) is 0. The minimum absolute atomic E-state index is 0.430. The van der Waals surface area contributed by atoms with E-state index in [9.17, 15) is 0 Å². The summed E-state index contributed by atoms with van der Waals surface area (Å²) in [7, 11) is 0. The highest BCUT2D eigenvalue weighted by molar-refractivity contribution is 7.99. The van der Waals surface area contributed by atoms with Crippen LogP contribution in [0.15, 0.2) is 0 Å². The highest BCUT2D eigenvalue weighted by Crippen LogP contribution is 2.16. The van der Waals surface area contributed by atoms with Gasteiger partial charge in [0.05, 0.1) is 0 Å². The highest BCUT2D eigenvalue weighted by Gasteiger charge is 2.15. The Kier molecular flexibility index (Phi) is 4.15. The van der Waals surface area contributed by atoms with Gasteiger partial charge >= 0.3 is 0 Å². The SMILES string of the molecule is CC(C)NC(=S)NC1CCSC1. The third kappa shape index (κ3) is 3.63. The lowest BCUT2D eigenvalue weighted by molar-refractivity contribution is 0.644. The summed E-state index contributed by atoms with van der Waals surface area (Å²) in [6.45, 7) is 4.19. The first-order chi connectivity index (χ1) is 5.68. The fourth-order valence-electron chi connectivity index (χ4n) is 1.14. The Morgan fingerprint density at radius 3 is 2.83 bits per heavy atom. The molecule has 0 spiro atoms. The molecule has 0 aliphatic carbocycles. The van der Waals surface area contributed by atoms with E-state index in [2.05, 4.69) is 24.5 Å². The molecule has 0 aromatic heterocycles. The standard InChI is InChI=1S/C8H16N2S2/c1-6(2)9-8(11)10-7-3-4-12-5-7/h6-7H,3-5H2,1-2H3,(H2,9,10,11). The second-order valence-corrected chi connectivity index (χ2v) is 4.89. The molecule has 0 radical (unpaired) electrons. The van der Waals surface area contributed by atoms with Gasteiger partial charge in [-0.2, -0.15) is 11.8 Å². The first kappa shape index (κ1) is 10.1. The molecule has 1 aliphatic heterocycles. The predicted octanol–water partition coefficient (Wildman–Crippen LogP) is 1.36. The van der Waals surface area contributed by atoms with E-state index in [4.69, 9.17) is 12.2 Å². The molecule has 4 heteroatoms. The fourth-order valence-corrected chi connectivity index (χ4v) is 2.69. The van der Waals surface area contributed by atoms with Gasteiger partial charge in [0.2, 0.25) is 0 Å². The van der Waals surface area contributed by atoms with E-state index >= 15 is 0 Å². The summed E-state index contributed by atoms with van der Waals surface area (Å²) in [6.07, 6.45) is 1.24. The predicted molar refractivity (Wildman–Crippen MR) is 59.7 cm³/mol. The van der Waals surface area contributed by atoms with E-state index in [0.29, 0.717) is 12.1 Å². The maximum atomic E-state index is 5.14. The lowest BCUT2D eigenvalue weighted by Crippen LogP contribution is -2.44. The van der Waals surface area contributed by atoms with Crippen LogP contribution < -0.4 is 10.6 Å². The lowest BCUT2D eigenvalue weighted by Gasteiger charge is -2.16. The van der Waals surface area contributed by atoms with Crippen LogP contribution in [-0.2, 0) is 0 Å². The van der Waals surface area contributed by atoms with E-state index in [1.54, 1.807) is 0 Å². The van der Waals surface area contributed by atoms with Crippen LogP contribution in [-0.4, -0.2) is 28.7 Å². The van der Waals surface area contributed by atoms with Crippen LogP contribution in [0.5, 0.6) is 0 Å². The molecule has 1 heterocycles. The van der Waals surface area contributed by atoms with Gasteiger partial charge < -0.3 is 10.6 Å². The van der Waals surface area contributed by atoms with E-state index < -0.39 is 0 Å². The molecular weight excluding hydrogens is 188 g/mol. The molecule has 1 aliphatic rings. The van der Waals surface area contributed by atoms with Crippen molar-refractivity contribution < 1.29 is 0 Å². The van der Waals surface area contributed by atoms with Crippen molar-refractivity contribution in [1.82, 2.24) is 10.6 Å². The van der Waals surface area contributed by atoms with Crippen molar-refractivity contribution in [2.24, 2.45) is 0 Å². The smallest absolute Gasteiger partial charge is 0.166 e. The summed E-state index contributed by atoms with van der Waals surface area (Å²) in [4.78, 5) is 0. The van der Waals surface area contributed by atoms with Crippen molar-refractivity contribution in [1.29, 1.82) is 0 Å². The van der Waals surface area contributed by atoms with Crippen LogP contribution in [0.25, 0.3) is 0 Å². The van der Waals surface area contributed by atoms with Crippen LogP contribution in [0, 0.1) is 0 Å². The normalized spacial score (nSPS) is 22.8. The summed E-state index contributed by atoms with van der Waals surface area (Å²) in [5.74, 6) is 2.46. The number of hydrogen-bond acceptors (Lipinski definition) is 2. The lowest BCUT2D eigenvalue weighted by atomic mass is 10.3. The van der Waals surface area contributed by atoms with Crippen molar-refractivity contribution in [3.63, 3.8) is 0 Å². The average molecular weight is 204 g/mol. The average Bonchev–Trinajstić information content (AvgIpc) is 2.37. The quantitative estimate of drug-likeness (QED) is 0.663. The van der Waals surface area contributed by atoms with E-state index in [0.717, 1.165) is 5.11 Å². The van der Waals surface area contributed by atoms with Gasteiger partial charge in [0.1, 0.15) is 0 Å². The van der Waals surface area contributed by atoms with Crippen molar-refractivity contribution in [3.05, 3.63) is 0 Å². The van der Waals surface area contributed by atoms with Gasteiger partial charge in [-0.3, -0.25) is 0 Å². The Bertz CT molecular complexity index is 153. The Morgan fingerprint density at radius 2 is 2.33 bits per heavy atom. The van der Waals surface area contributed by atoms with E-state index in [-0.39, 0.29) is 0 Å². The Hall–Kier alpha value is 0.0400. The monoisotopic (exact) mass is 204 g/mol. The number of rotatable bonds is 2. The van der Waals surface area contributed by atoms with Crippen LogP contribution in [0.3, 0.4) is 0 Å². The summed E-state index contributed by atoms with van der Waals surface area (Å²) < 4.78 is 0. The van der Waals surface area contributed by atoms with Gasteiger partial charge in [-0.05, 0) is 38.2 Å². The minimum Gasteiger partial charge on any atom is -0.361 e. The van der Waals surface area contributed by atoms with Gasteiger partial charge in [0.25, 0.3) is 0 Å². The molecule has 2 N–H and O–H groups in total. The molecular formula is C8H16N2S2. The molecule has 12 heavy (non-hydrogen) atoms. The minimum atomic E-state index is 0.430. The van der Waals surface area contributed by atoms with Gasteiger partial charge in [-0.1, -0.05) is 0 Å². The molecule has 0 saturated carbocycles. The Balaban J connectivity index is 2.16. The Morgan fingerprint density at radius 1 is 1.58 bits per heavy atom. The maximum Gasteiger partial charge on any atom is 0.166 e. The number of hydrogen-bond donors (Lipinski definition) is 2. The molecule has 1 fully saturated rings. The van der Waals surface area contributed by atoms with Crippen molar-refractivity contribution in [2.75, 3.05) is 11.5 Å². The molecule has 70 valence electrons. The summed E-state index contributed by atoms with van der Waals surface area (Å²) in [5, 5.41) is 7.29. The number of thiocarbonyl (C=S) groups is 1. The third-order valence-electron chi connectivity index (χ3n) is 1.68. The van der Waals surface area contributed by atoms with Crippen LogP contribution >= 0.6 is 24.0 Å². The van der Waals surface area contributed by atoms with Gasteiger partial charge in [0.15, 0.2) is 5.11 Å². The first-order valence-electron chi connectivity index (χ1n) is 4.33. The molecule has 0 bridgehead atoms. The van der Waals surface area contributed by atoms with Crippen molar-refractivity contribution in [3.8, 4) is 0 Å². The van der Waals surface area contributed by atoms with Crippen LogP contribution in [0.4, 0.5) is 0 Å². The zero-order valence-electron chi connectivity index (χ0n) is 7.59. The summed E-state index contributed by atoms with van der Waals surface area (Å²) in [6, 6.07) is 1.02. The molecule has 1 atom stereocenters. The second kappa shape index (κ2) is 4.92. The van der Waals surface area contributed by atoms with Crippen molar-refractivity contribution >= 4 is 29.1 Å². The molecule has 1 unspecified atom stereocenters. The third-order valence-corrected chi connectivity index (χ3v) is 3.08. The molecule has 0 amide bonds. The Labute approximate surface area is 83.9 Å². The number of thioether (sulfide) groups is 1. The van der Waals surface area contributed by atoms with Gasteiger partial charge in [-0.15, -0.1) is 0 Å². The van der Waals surface area contributed by atoms with Gasteiger partial charge in [0, 0.05) is 17.8 Å². The zero-order valence-corrected chi connectivity index (χ0v) is 9.23. The maximum absolute atomic E-state index is 5.14. The van der Waals surface area contributed by atoms with Gasteiger partial charge in [-0.25, -0.2) is 0 Å². The fraction of sp³-hybridized carbons (Fsp3) is 0.875. The van der Waals surface area contributed by atoms with Crippen molar-refractivity contribution in [2.45, 2.75) is 32.4 Å². The molecule has 1 rings (SSSR count). The first-order valence-corrected chi connectivity index (χ1v) is 5.89. The molecule has 0 aromatic rings. The largest absolute Gasteiger partial charge is 0.361 e.